The number of rotatable bonds is 2. The van der Waals surface area contributed by atoms with E-state index in [0.29, 0.717) is 3.70 Å². The molecule has 0 unspecified atom stereocenters. The van der Waals surface area contributed by atoms with E-state index >= 15 is 0 Å². The van der Waals surface area contributed by atoms with Crippen molar-refractivity contribution in [3.05, 3.63) is 40.0 Å². The van der Waals surface area contributed by atoms with Crippen LogP contribution in [0.4, 0.5) is 0 Å². The molecule has 0 aliphatic rings. The smallest absolute Gasteiger partial charge is 0.340 e. The number of hydrogen-bond donors (Lipinski definition) is 1. The van der Waals surface area contributed by atoms with Crippen molar-refractivity contribution >= 4 is 28.6 Å². The number of pyridine rings is 1. The standard InChI is InChI=1S/C9H6IN3O2/c10-8-7(9(14)15)5-12-13(8)6-2-1-3-11-4-6/h1-5H,(H,14,15). The SMILES string of the molecule is O=C(O)c1cnn(-c2cccnc2)c1I. The van der Waals surface area contributed by atoms with Crippen LogP contribution in [0.25, 0.3) is 5.69 Å². The molecule has 0 spiro atoms. The van der Waals surface area contributed by atoms with Crippen molar-refractivity contribution in [2.75, 3.05) is 0 Å². The maximum absolute atomic E-state index is 10.8. The second-order valence-corrected chi connectivity index (χ2v) is 3.80. The first kappa shape index (κ1) is 10.1. The molecular weight excluding hydrogens is 309 g/mol. The van der Waals surface area contributed by atoms with Crippen LogP contribution in [0.5, 0.6) is 0 Å². The minimum Gasteiger partial charge on any atom is -0.478 e. The van der Waals surface area contributed by atoms with Crippen molar-refractivity contribution in [1.29, 1.82) is 0 Å². The van der Waals surface area contributed by atoms with Crippen LogP contribution in [-0.4, -0.2) is 25.8 Å². The van der Waals surface area contributed by atoms with Crippen LogP contribution in [0.3, 0.4) is 0 Å². The quantitative estimate of drug-likeness (QED) is 0.854. The molecule has 6 heteroatoms. The van der Waals surface area contributed by atoms with Crippen LogP contribution < -0.4 is 0 Å². The van der Waals surface area contributed by atoms with Gasteiger partial charge in [-0.15, -0.1) is 0 Å². The highest BCUT2D eigenvalue weighted by Gasteiger charge is 2.14. The third-order valence-electron chi connectivity index (χ3n) is 1.83. The number of aromatic nitrogens is 3. The second-order valence-electron chi connectivity index (χ2n) is 2.78. The summed E-state index contributed by atoms with van der Waals surface area (Å²) in [7, 11) is 0. The largest absolute Gasteiger partial charge is 0.478 e. The summed E-state index contributed by atoms with van der Waals surface area (Å²) in [4.78, 5) is 14.7. The Kier molecular flexibility index (Phi) is 2.67. The molecular formula is C9H6IN3O2. The zero-order valence-corrected chi connectivity index (χ0v) is 9.62. The van der Waals surface area contributed by atoms with Gasteiger partial charge in [-0.2, -0.15) is 5.10 Å². The van der Waals surface area contributed by atoms with Crippen molar-refractivity contribution in [2.45, 2.75) is 0 Å². The van der Waals surface area contributed by atoms with Gasteiger partial charge in [0.15, 0.2) is 0 Å². The minimum atomic E-state index is -0.977. The zero-order chi connectivity index (χ0) is 10.8. The monoisotopic (exact) mass is 315 g/mol. The van der Waals surface area contributed by atoms with Crippen LogP contribution >= 0.6 is 22.6 Å². The fourth-order valence-electron chi connectivity index (χ4n) is 1.14. The van der Waals surface area contributed by atoms with E-state index in [1.807, 2.05) is 28.7 Å². The summed E-state index contributed by atoms with van der Waals surface area (Å²) in [6, 6.07) is 3.58. The van der Waals surface area contributed by atoms with Gasteiger partial charge < -0.3 is 5.11 Å². The van der Waals surface area contributed by atoms with Gasteiger partial charge in [0.2, 0.25) is 0 Å². The topological polar surface area (TPSA) is 68.0 Å². The Morgan fingerprint density at radius 2 is 2.27 bits per heavy atom. The summed E-state index contributed by atoms with van der Waals surface area (Å²) in [5, 5.41) is 12.8. The van der Waals surface area contributed by atoms with Gasteiger partial charge in [0.05, 0.1) is 18.1 Å². The van der Waals surface area contributed by atoms with E-state index in [2.05, 4.69) is 10.1 Å². The molecule has 0 saturated heterocycles. The highest BCUT2D eigenvalue weighted by atomic mass is 127. The van der Waals surface area contributed by atoms with Crippen molar-refractivity contribution in [3.8, 4) is 5.69 Å². The summed E-state index contributed by atoms with van der Waals surface area (Å²) in [5.41, 5.74) is 0.939. The molecule has 0 fully saturated rings. The first-order valence-corrected chi connectivity index (χ1v) is 5.15. The third-order valence-corrected chi connectivity index (χ3v) is 2.87. The molecule has 0 aromatic carbocycles. The van der Waals surface area contributed by atoms with Gasteiger partial charge in [-0.05, 0) is 34.7 Å². The molecule has 2 rings (SSSR count). The number of nitrogens with zero attached hydrogens (tertiary/aromatic N) is 3. The molecule has 0 atom stereocenters. The average molecular weight is 315 g/mol. The molecule has 0 bridgehead atoms. The van der Waals surface area contributed by atoms with E-state index in [9.17, 15) is 4.79 Å². The first-order chi connectivity index (χ1) is 7.20. The zero-order valence-electron chi connectivity index (χ0n) is 7.46. The fraction of sp³-hybridized carbons (Fsp3) is 0. The van der Waals surface area contributed by atoms with Gasteiger partial charge >= 0.3 is 5.97 Å². The Morgan fingerprint density at radius 1 is 1.47 bits per heavy atom. The maximum Gasteiger partial charge on any atom is 0.340 e. The normalized spacial score (nSPS) is 10.2. The Morgan fingerprint density at radius 3 is 2.80 bits per heavy atom. The van der Waals surface area contributed by atoms with Crippen molar-refractivity contribution in [1.82, 2.24) is 14.8 Å². The van der Waals surface area contributed by atoms with Gasteiger partial charge in [0.25, 0.3) is 0 Å². The van der Waals surface area contributed by atoms with Gasteiger partial charge in [-0.3, -0.25) is 4.98 Å². The first-order valence-electron chi connectivity index (χ1n) is 4.07. The molecule has 15 heavy (non-hydrogen) atoms. The molecule has 0 radical (unpaired) electrons. The number of carbonyl (C=O) groups is 1. The van der Waals surface area contributed by atoms with Crippen LogP contribution in [0.1, 0.15) is 10.4 Å². The summed E-state index contributed by atoms with van der Waals surface area (Å²) >= 11 is 1.95. The maximum atomic E-state index is 10.8. The van der Waals surface area contributed by atoms with Crippen LogP contribution in [0.15, 0.2) is 30.7 Å². The van der Waals surface area contributed by atoms with E-state index in [1.54, 1.807) is 18.5 Å². The molecule has 2 aromatic rings. The molecule has 5 nitrogen and oxygen atoms in total. The number of carboxylic acids is 1. The summed E-state index contributed by atoms with van der Waals surface area (Å²) < 4.78 is 2.10. The molecule has 1 N–H and O–H groups in total. The van der Waals surface area contributed by atoms with Crippen LogP contribution in [0.2, 0.25) is 0 Å². The van der Waals surface area contributed by atoms with Crippen LogP contribution in [0, 0.1) is 3.70 Å². The van der Waals surface area contributed by atoms with E-state index in [1.165, 1.54) is 10.9 Å². The lowest BCUT2D eigenvalue weighted by Crippen LogP contribution is -2.02. The lowest BCUT2D eigenvalue weighted by molar-refractivity contribution is 0.0695. The summed E-state index contributed by atoms with van der Waals surface area (Å²) in [5.74, 6) is -0.977. The van der Waals surface area contributed by atoms with Gasteiger partial charge in [0.1, 0.15) is 9.26 Å². The molecule has 0 saturated carbocycles. The number of carboxylic acid groups (broad SMARTS) is 1. The molecule has 76 valence electrons. The van der Waals surface area contributed by atoms with E-state index < -0.39 is 5.97 Å². The van der Waals surface area contributed by atoms with Crippen molar-refractivity contribution < 1.29 is 9.90 Å². The Labute approximate surface area is 98.9 Å². The Balaban J connectivity index is 2.52. The van der Waals surface area contributed by atoms with E-state index in [4.69, 9.17) is 5.11 Å². The van der Waals surface area contributed by atoms with Crippen molar-refractivity contribution in [3.63, 3.8) is 0 Å². The average Bonchev–Trinajstić information content (AvgIpc) is 2.61. The molecule has 2 aromatic heterocycles. The number of aromatic carboxylic acids is 1. The van der Waals surface area contributed by atoms with Gasteiger partial charge in [-0.25, -0.2) is 9.48 Å². The molecule has 0 amide bonds. The molecule has 2 heterocycles. The third kappa shape index (κ3) is 1.84. The molecule has 0 aliphatic heterocycles. The number of hydrogen-bond acceptors (Lipinski definition) is 3. The Bertz CT molecular complexity index is 495. The predicted molar refractivity (Wildman–Crippen MR) is 61.0 cm³/mol. The highest BCUT2D eigenvalue weighted by molar-refractivity contribution is 14.1. The summed E-state index contributed by atoms with van der Waals surface area (Å²) in [6.07, 6.45) is 4.61. The molecule has 0 aliphatic carbocycles. The van der Waals surface area contributed by atoms with Gasteiger partial charge in [-0.1, -0.05) is 0 Å². The Hall–Kier alpha value is -1.44. The highest BCUT2D eigenvalue weighted by Crippen LogP contribution is 2.15. The van der Waals surface area contributed by atoms with E-state index in [-0.39, 0.29) is 5.56 Å². The summed E-state index contributed by atoms with van der Waals surface area (Å²) in [6.45, 7) is 0. The lowest BCUT2D eigenvalue weighted by atomic mass is 10.4. The van der Waals surface area contributed by atoms with Crippen LogP contribution in [-0.2, 0) is 0 Å². The predicted octanol–water partition coefficient (Wildman–Crippen LogP) is 1.57. The second kappa shape index (κ2) is 3.97. The fourth-order valence-corrected chi connectivity index (χ4v) is 1.91. The number of halogens is 1. The van der Waals surface area contributed by atoms with E-state index in [0.717, 1.165) is 5.69 Å². The lowest BCUT2D eigenvalue weighted by Gasteiger charge is -2.01. The minimum absolute atomic E-state index is 0.194. The van der Waals surface area contributed by atoms with Crippen molar-refractivity contribution in [2.24, 2.45) is 0 Å². The van der Waals surface area contributed by atoms with Gasteiger partial charge in [0, 0.05) is 6.20 Å².